The standard InChI is InChI=1S/C23H21NO3/c1-2-16-10-12-19(13-11-16)27-23(26)18-14-22(25)24(15-18)21-9-5-7-17-6-3-4-8-20(17)21/h3-13,18H,2,14-15H2,1H3/t18-/m0/s1. The molecule has 0 aromatic heterocycles. The van der Waals surface area contributed by atoms with Crippen molar-refractivity contribution in [3.63, 3.8) is 0 Å². The largest absolute Gasteiger partial charge is 0.426 e. The molecule has 27 heavy (non-hydrogen) atoms. The summed E-state index contributed by atoms with van der Waals surface area (Å²) in [5.74, 6) is -0.333. The van der Waals surface area contributed by atoms with Crippen molar-refractivity contribution >= 4 is 28.3 Å². The Kier molecular flexibility index (Phi) is 4.63. The smallest absolute Gasteiger partial charge is 0.316 e. The first kappa shape index (κ1) is 17.3. The van der Waals surface area contributed by atoms with E-state index in [1.807, 2.05) is 54.6 Å². The van der Waals surface area contributed by atoms with Crippen LogP contribution in [-0.2, 0) is 16.0 Å². The van der Waals surface area contributed by atoms with Crippen molar-refractivity contribution in [2.75, 3.05) is 11.4 Å². The molecule has 0 aliphatic carbocycles. The molecule has 0 saturated carbocycles. The molecule has 0 radical (unpaired) electrons. The molecular formula is C23H21NO3. The molecule has 1 atom stereocenters. The molecule has 1 aliphatic heterocycles. The number of carbonyl (C=O) groups excluding carboxylic acids is 2. The van der Waals surface area contributed by atoms with Crippen molar-refractivity contribution in [1.29, 1.82) is 0 Å². The third-order valence-corrected chi connectivity index (χ3v) is 5.07. The van der Waals surface area contributed by atoms with Gasteiger partial charge in [0.1, 0.15) is 5.75 Å². The number of aryl methyl sites for hydroxylation is 1. The van der Waals surface area contributed by atoms with E-state index in [4.69, 9.17) is 4.74 Å². The number of amides is 1. The summed E-state index contributed by atoms with van der Waals surface area (Å²) in [5.41, 5.74) is 2.04. The molecule has 0 N–H and O–H groups in total. The van der Waals surface area contributed by atoms with Gasteiger partial charge in [0.05, 0.1) is 11.6 Å². The van der Waals surface area contributed by atoms with Crippen LogP contribution >= 0.6 is 0 Å². The minimum Gasteiger partial charge on any atom is -0.426 e. The Hall–Kier alpha value is -3.14. The highest BCUT2D eigenvalue weighted by Crippen LogP contribution is 2.32. The van der Waals surface area contributed by atoms with Crippen molar-refractivity contribution in [2.45, 2.75) is 19.8 Å². The predicted octanol–water partition coefficient (Wildman–Crippen LogP) is 4.36. The Balaban J connectivity index is 1.52. The summed E-state index contributed by atoms with van der Waals surface area (Å²) in [7, 11) is 0. The van der Waals surface area contributed by atoms with E-state index in [1.165, 1.54) is 5.56 Å². The maximum atomic E-state index is 12.6. The molecule has 1 saturated heterocycles. The van der Waals surface area contributed by atoms with Crippen LogP contribution in [0.4, 0.5) is 5.69 Å². The number of carbonyl (C=O) groups is 2. The maximum absolute atomic E-state index is 12.6. The second-order valence-electron chi connectivity index (χ2n) is 6.82. The molecule has 0 bridgehead atoms. The highest BCUT2D eigenvalue weighted by atomic mass is 16.5. The molecule has 0 unspecified atom stereocenters. The Morgan fingerprint density at radius 1 is 1.04 bits per heavy atom. The molecule has 1 heterocycles. The fourth-order valence-corrected chi connectivity index (χ4v) is 3.53. The van der Waals surface area contributed by atoms with Crippen LogP contribution in [0, 0.1) is 5.92 Å². The minimum atomic E-state index is -0.456. The van der Waals surface area contributed by atoms with Crippen molar-refractivity contribution in [3.8, 4) is 5.75 Å². The topological polar surface area (TPSA) is 46.6 Å². The molecule has 4 rings (SSSR count). The number of anilines is 1. The molecule has 3 aromatic rings. The van der Waals surface area contributed by atoms with E-state index in [0.717, 1.165) is 22.9 Å². The number of nitrogens with zero attached hydrogens (tertiary/aromatic N) is 1. The normalized spacial score (nSPS) is 16.7. The van der Waals surface area contributed by atoms with Crippen LogP contribution in [0.1, 0.15) is 18.9 Å². The van der Waals surface area contributed by atoms with E-state index in [1.54, 1.807) is 17.0 Å². The zero-order valence-electron chi connectivity index (χ0n) is 15.2. The highest BCUT2D eigenvalue weighted by molar-refractivity contribution is 6.06. The fraction of sp³-hybridized carbons (Fsp3) is 0.217. The lowest BCUT2D eigenvalue weighted by Gasteiger charge is -2.18. The van der Waals surface area contributed by atoms with Crippen LogP contribution in [0.25, 0.3) is 10.8 Å². The Morgan fingerprint density at radius 3 is 2.56 bits per heavy atom. The molecule has 136 valence electrons. The zero-order chi connectivity index (χ0) is 18.8. The maximum Gasteiger partial charge on any atom is 0.316 e. The van der Waals surface area contributed by atoms with Crippen molar-refractivity contribution < 1.29 is 14.3 Å². The molecule has 4 nitrogen and oxygen atoms in total. The van der Waals surface area contributed by atoms with E-state index in [-0.39, 0.29) is 18.3 Å². The lowest BCUT2D eigenvalue weighted by Crippen LogP contribution is -2.27. The SMILES string of the molecule is CCc1ccc(OC(=O)[C@H]2CC(=O)N(c3cccc4ccccc34)C2)cc1. The number of hydrogen-bond acceptors (Lipinski definition) is 3. The van der Waals surface area contributed by atoms with Crippen LogP contribution in [-0.4, -0.2) is 18.4 Å². The quantitative estimate of drug-likeness (QED) is 0.514. The van der Waals surface area contributed by atoms with Gasteiger partial charge in [-0.3, -0.25) is 9.59 Å². The van der Waals surface area contributed by atoms with E-state index in [0.29, 0.717) is 12.3 Å². The zero-order valence-corrected chi connectivity index (χ0v) is 15.2. The van der Waals surface area contributed by atoms with E-state index in [9.17, 15) is 9.59 Å². The summed E-state index contributed by atoms with van der Waals surface area (Å²) in [4.78, 5) is 26.8. The summed E-state index contributed by atoms with van der Waals surface area (Å²) in [5, 5.41) is 2.09. The summed E-state index contributed by atoms with van der Waals surface area (Å²) < 4.78 is 5.50. The van der Waals surface area contributed by atoms with Crippen LogP contribution < -0.4 is 9.64 Å². The Morgan fingerprint density at radius 2 is 1.78 bits per heavy atom. The highest BCUT2D eigenvalue weighted by Gasteiger charge is 2.36. The molecule has 3 aromatic carbocycles. The van der Waals surface area contributed by atoms with Gasteiger partial charge in [0, 0.05) is 18.4 Å². The Labute approximate surface area is 158 Å². The van der Waals surface area contributed by atoms with Crippen molar-refractivity contribution in [1.82, 2.24) is 0 Å². The van der Waals surface area contributed by atoms with Crippen LogP contribution in [0.2, 0.25) is 0 Å². The Bertz CT molecular complexity index is 989. The summed E-state index contributed by atoms with van der Waals surface area (Å²) >= 11 is 0. The van der Waals surface area contributed by atoms with Gasteiger partial charge in [-0.2, -0.15) is 0 Å². The van der Waals surface area contributed by atoms with Crippen LogP contribution in [0.15, 0.2) is 66.7 Å². The number of ether oxygens (including phenoxy) is 1. The van der Waals surface area contributed by atoms with Crippen molar-refractivity contribution in [2.24, 2.45) is 5.92 Å². The molecule has 1 aliphatic rings. The summed E-state index contributed by atoms with van der Waals surface area (Å²) in [6.45, 7) is 2.42. The molecular weight excluding hydrogens is 338 g/mol. The first-order valence-electron chi connectivity index (χ1n) is 9.24. The third-order valence-electron chi connectivity index (χ3n) is 5.07. The van der Waals surface area contributed by atoms with Gasteiger partial charge in [-0.1, -0.05) is 55.5 Å². The van der Waals surface area contributed by atoms with Gasteiger partial charge in [-0.05, 0) is 35.6 Å². The summed E-state index contributed by atoms with van der Waals surface area (Å²) in [6, 6.07) is 21.3. The third kappa shape index (κ3) is 3.43. The second kappa shape index (κ2) is 7.23. The number of hydrogen-bond donors (Lipinski definition) is 0. The number of esters is 1. The van der Waals surface area contributed by atoms with Gasteiger partial charge in [0.25, 0.3) is 0 Å². The predicted molar refractivity (Wildman–Crippen MR) is 106 cm³/mol. The second-order valence-corrected chi connectivity index (χ2v) is 6.82. The first-order chi connectivity index (χ1) is 13.2. The lowest BCUT2D eigenvalue weighted by molar-refractivity contribution is -0.139. The number of benzene rings is 3. The molecule has 1 amide bonds. The van der Waals surface area contributed by atoms with Gasteiger partial charge >= 0.3 is 5.97 Å². The minimum absolute atomic E-state index is 0.0466. The van der Waals surface area contributed by atoms with Gasteiger partial charge in [-0.25, -0.2) is 0 Å². The fourth-order valence-electron chi connectivity index (χ4n) is 3.53. The van der Waals surface area contributed by atoms with Crippen molar-refractivity contribution in [3.05, 3.63) is 72.3 Å². The lowest BCUT2D eigenvalue weighted by atomic mass is 10.1. The van der Waals surface area contributed by atoms with Gasteiger partial charge in [0.2, 0.25) is 5.91 Å². The van der Waals surface area contributed by atoms with Gasteiger partial charge < -0.3 is 9.64 Å². The average Bonchev–Trinajstić information content (AvgIpc) is 3.10. The average molecular weight is 359 g/mol. The van der Waals surface area contributed by atoms with Gasteiger partial charge in [-0.15, -0.1) is 0 Å². The van der Waals surface area contributed by atoms with Crippen LogP contribution in [0.5, 0.6) is 5.75 Å². The van der Waals surface area contributed by atoms with Gasteiger partial charge in [0.15, 0.2) is 0 Å². The molecule has 4 heteroatoms. The van der Waals surface area contributed by atoms with Crippen LogP contribution in [0.3, 0.4) is 0 Å². The molecule has 1 fully saturated rings. The first-order valence-corrected chi connectivity index (χ1v) is 9.24. The van der Waals surface area contributed by atoms with E-state index < -0.39 is 5.92 Å². The van der Waals surface area contributed by atoms with E-state index >= 15 is 0 Å². The monoisotopic (exact) mass is 359 g/mol. The molecule has 0 spiro atoms. The number of rotatable bonds is 4. The van der Waals surface area contributed by atoms with E-state index in [2.05, 4.69) is 6.92 Å². The number of fused-ring (bicyclic) bond motifs is 1. The summed E-state index contributed by atoms with van der Waals surface area (Å²) in [6.07, 6.45) is 1.11.